The molecule has 120 valence electrons. The zero-order chi connectivity index (χ0) is 15.7. The SMILES string of the molecule is Cc1c(F)cccc1[C@]1(C(=O)O)CCC(N2CCOCC2)C1. The van der Waals surface area contributed by atoms with Gasteiger partial charge in [0.2, 0.25) is 0 Å². The average molecular weight is 307 g/mol. The number of aliphatic carboxylic acids is 1. The molecule has 1 heterocycles. The van der Waals surface area contributed by atoms with Crippen molar-refractivity contribution in [3.05, 3.63) is 35.1 Å². The Morgan fingerprint density at radius 2 is 2.14 bits per heavy atom. The highest BCUT2D eigenvalue weighted by molar-refractivity contribution is 5.82. The van der Waals surface area contributed by atoms with Crippen molar-refractivity contribution in [3.63, 3.8) is 0 Å². The minimum Gasteiger partial charge on any atom is -0.481 e. The molecule has 0 bridgehead atoms. The van der Waals surface area contributed by atoms with Crippen LogP contribution in [0.25, 0.3) is 0 Å². The molecular formula is C17H22FNO3. The van der Waals surface area contributed by atoms with Gasteiger partial charge in [-0.15, -0.1) is 0 Å². The van der Waals surface area contributed by atoms with Gasteiger partial charge in [0.25, 0.3) is 0 Å². The molecule has 1 aliphatic heterocycles. The van der Waals surface area contributed by atoms with Crippen LogP contribution < -0.4 is 0 Å². The molecule has 1 aliphatic carbocycles. The van der Waals surface area contributed by atoms with E-state index in [4.69, 9.17) is 4.74 Å². The molecule has 22 heavy (non-hydrogen) atoms. The summed E-state index contributed by atoms with van der Waals surface area (Å²) in [5, 5.41) is 9.88. The molecule has 1 N–H and O–H groups in total. The van der Waals surface area contributed by atoms with Crippen LogP contribution in [0.15, 0.2) is 18.2 Å². The van der Waals surface area contributed by atoms with Crippen molar-refractivity contribution < 1.29 is 19.0 Å². The number of hydrogen-bond donors (Lipinski definition) is 1. The van der Waals surface area contributed by atoms with Crippen molar-refractivity contribution >= 4 is 5.97 Å². The molecule has 1 unspecified atom stereocenters. The summed E-state index contributed by atoms with van der Waals surface area (Å²) in [7, 11) is 0. The third-order valence-corrected chi connectivity index (χ3v) is 5.24. The quantitative estimate of drug-likeness (QED) is 0.931. The molecule has 1 saturated carbocycles. The van der Waals surface area contributed by atoms with Crippen LogP contribution in [0.1, 0.15) is 30.4 Å². The van der Waals surface area contributed by atoms with E-state index in [1.54, 1.807) is 19.1 Å². The summed E-state index contributed by atoms with van der Waals surface area (Å²) >= 11 is 0. The summed E-state index contributed by atoms with van der Waals surface area (Å²) in [6, 6.07) is 5.02. The van der Waals surface area contributed by atoms with E-state index in [9.17, 15) is 14.3 Å². The second-order valence-corrected chi connectivity index (χ2v) is 6.34. The van der Waals surface area contributed by atoms with Crippen LogP contribution in [-0.4, -0.2) is 48.3 Å². The Morgan fingerprint density at radius 1 is 1.41 bits per heavy atom. The predicted octanol–water partition coefficient (Wildman–Crippen LogP) is 2.34. The number of carbonyl (C=O) groups is 1. The van der Waals surface area contributed by atoms with E-state index in [0.717, 1.165) is 19.5 Å². The van der Waals surface area contributed by atoms with Crippen molar-refractivity contribution in [2.45, 2.75) is 37.6 Å². The molecule has 1 aromatic carbocycles. The van der Waals surface area contributed by atoms with Crippen molar-refractivity contribution in [2.75, 3.05) is 26.3 Å². The number of ether oxygens (including phenoxy) is 1. The predicted molar refractivity (Wildman–Crippen MR) is 80.5 cm³/mol. The van der Waals surface area contributed by atoms with Gasteiger partial charge in [-0.3, -0.25) is 9.69 Å². The van der Waals surface area contributed by atoms with Crippen LogP contribution in [0, 0.1) is 12.7 Å². The minimum atomic E-state index is -0.963. The number of rotatable bonds is 3. The molecule has 0 aromatic heterocycles. The normalized spacial score (nSPS) is 29.6. The molecule has 4 nitrogen and oxygen atoms in total. The molecule has 0 radical (unpaired) electrons. The Balaban J connectivity index is 1.90. The maximum atomic E-state index is 13.9. The van der Waals surface area contributed by atoms with Crippen molar-refractivity contribution in [1.29, 1.82) is 0 Å². The zero-order valence-electron chi connectivity index (χ0n) is 12.8. The molecule has 2 aliphatic rings. The maximum absolute atomic E-state index is 13.9. The van der Waals surface area contributed by atoms with Gasteiger partial charge in [-0.25, -0.2) is 4.39 Å². The van der Waals surface area contributed by atoms with E-state index in [1.807, 2.05) is 0 Å². The topological polar surface area (TPSA) is 49.8 Å². The summed E-state index contributed by atoms with van der Waals surface area (Å²) < 4.78 is 19.3. The van der Waals surface area contributed by atoms with Gasteiger partial charge in [-0.2, -0.15) is 0 Å². The Hall–Kier alpha value is -1.46. The molecule has 0 spiro atoms. The van der Waals surface area contributed by atoms with E-state index < -0.39 is 11.4 Å². The Labute approximate surface area is 129 Å². The number of benzene rings is 1. The molecular weight excluding hydrogens is 285 g/mol. The van der Waals surface area contributed by atoms with Gasteiger partial charge in [-0.05, 0) is 43.4 Å². The highest BCUT2D eigenvalue weighted by atomic mass is 19.1. The number of hydrogen-bond acceptors (Lipinski definition) is 3. The summed E-state index contributed by atoms with van der Waals surface area (Å²) in [6.07, 6.45) is 1.95. The first-order valence-electron chi connectivity index (χ1n) is 7.85. The number of morpholine rings is 1. The highest BCUT2D eigenvalue weighted by Gasteiger charge is 2.49. The van der Waals surface area contributed by atoms with E-state index >= 15 is 0 Å². The zero-order valence-corrected chi connectivity index (χ0v) is 12.8. The van der Waals surface area contributed by atoms with Gasteiger partial charge in [0.1, 0.15) is 5.82 Å². The largest absolute Gasteiger partial charge is 0.481 e. The first kappa shape index (κ1) is 15.4. The van der Waals surface area contributed by atoms with E-state index in [1.165, 1.54) is 6.07 Å². The number of nitrogens with zero attached hydrogens (tertiary/aromatic N) is 1. The average Bonchev–Trinajstić information content (AvgIpc) is 2.97. The lowest BCUT2D eigenvalue weighted by atomic mass is 9.76. The van der Waals surface area contributed by atoms with E-state index in [0.29, 0.717) is 37.2 Å². The fraction of sp³-hybridized carbons (Fsp3) is 0.588. The van der Waals surface area contributed by atoms with Gasteiger partial charge in [0.15, 0.2) is 0 Å². The van der Waals surface area contributed by atoms with E-state index in [2.05, 4.69) is 4.90 Å². The lowest BCUT2D eigenvalue weighted by molar-refractivity contribution is -0.143. The number of halogens is 1. The Kier molecular flexibility index (Phi) is 4.19. The first-order valence-corrected chi connectivity index (χ1v) is 7.85. The number of carboxylic acids is 1. The summed E-state index contributed by atoms with van der Waals surface area (Å²) in [5.74, 6) is -1.16. The van der Waals surface area contributed by atoms with Gasteiger partial charge in [0, 0.05) is 19.1 Å². The molecule has 2 fully saturated rings. The lowest BCUT2D eigenvalue weighted by Gasteiger charge is -2.33. The fourth-order valence-electron chi connectivity index (χ4n) is 3.95. The van der Waals surface area contributed by atoms with Gasteiger partial charge >= 0.3 is 5.97 Å². The molecule has 1 aromatic rings. The van der Waals surface area contributed by atoms with Crippen LogP contribution in [0.2, 0.25) is 0 Å². The second-order valence-electron chi connectivity index (χ2n) is 6.34. The smallest absolute Gasteiger partial charge is 0.314 e. The standard InChI is InChI=1S/C17H22FNO3/c1-12-14(3-2-4-15(12)18)17(16(20)21)6-5-13(11-17)19-7-9-22-10-8-19/h2-4,13H,5-11H2,1H3,(H,20,21)/t13?,17-/m0/s1. The van der Waals surface area contributed by atoms with Gasteiger partial charge in [-0.1, -0.05) is 12.1 Å². The minimum absolute atomic E-state index is 0.239. The first-order chi connectivity index (χ1) is 10.5. The molecule has 3 rings (SSSR count). The Bertz CT molecular complexity index is 571. The summed E-state index contributed by atoms with van der Waals surface area (Å²) in [6.45, 7) is 4.79. The summed E-state index contributed by atoms with van der Waals surface area (Å²) in [4.78, 5) is 14.4. The number of carboxylic acid groups (broad SMARTS) is 1. The summed E-state index contributed by atoms with van der Waals surface area (Å²) in [5.41, 5.74) is 0.137. The second kappa shape index (κ2) is 5.97. The highest BCUT2D eigenvalue weighted by Crippen LogP contribution is 2.44. The lowest BCUT2D eigenvalue weighted by Crippen LogP contribution is -2.44. The molecule has 2 atom stereocenters. The van der Waals surface area contributed by atoms with Crippen LogP contribution in [0.5, 0.6) is 0 Å². The third-order valence-electron chi connectivity index (χ3n) is 5.24. The van der Waals surface area contributed by atoms with Crippen LogP contribution in [0.4, 0.5) is 4.39 Å². The molecule has 1 saturated heterocycles. The van der Waals surface area contributed by atoms with Crippen molar-refractivity contribution in [1.82, 2.24) is 4.90 Å². The van der Waals surface area contributed by atoms with E-state index in [-0.39, 0.29) is 11.9 Å². The molecule has 5 heteroatoms. The van der Waals surface area contributed by atoms with Crippen LogP contribution >= 0.6 is 0 Å². The van der Waals surface area contributed by atoms with Gasteiger partial charge < -0.3 is 9.84 Å². The molecule has 0 amide bonds. The van der Waals surface area contributed by atoms with Crippen molar-refractivity contribution in [3.8, 4) is 0 Å². The van der Waals surface area contributed by atoms with Crippen LogP contribution in [0.3, 0.4) is 0 Å². The Morgan fingerprint density at radius 3 is 2.82 bits per heavy atom. The third kappa shape index (κ3) is 2.52. The van der Waals surface area contributed by atoms with Crippen LogP contribution in [-0.2, 0) is 14.9 Å². The fourth-order valence-corrected chi connectivity index (χ4v) is 3.95. The maximum Gasteiger partial charge on any atom is 0.314 e. The van der Waals surface area contributed by atoms with Crippen molar-refractivity contribution in [2.24, 2.45) is 0 Å². The monoisotopic (exact) mass is 307 g/mol. The van der Waals surface area contributed by atoms with Gasteiger partial charge in [0.05, 0.1) is 18.6 Å².